The quantitative estimate of drug-likeness (QED) is 0.780. The summed E-state index contributed by atoms with van der Waals surface area (Å²) in [6, 6.07) is 1.66. The van der Waals surface area contributed by atoms with Gasteiger partial charge in [-0.25, -0.2) is 19.9 Å². The van der Waals surface area contributed by atoms with Gasteiger partial charge in [-0.05, 0) is 18.6 Å². The van der Waals surface area contributed by atoms with Gasteiger partial charge in [-0.1, -0.05) is 11.6 Å². The predicted octanol–water partition coefficient (Wildman–Crippen LogP) is 2.04. The van der Waals surface area contributed by atoms with E-state index in [2.05, 4.69) is 19.9 Å². The van der Waals surface area contributed by atoms with Crippen molar-refractivity contribution in [3.05, 3.63) is 34.9 Å². The molecule has 5 nitrogen and oxygen atoms in total. The van der Waals surface area contributed by atoms with Crippen molar-refractivity contribution >= 4 is 11.6 Å². The molecule has 0 aliphatic heterocycles. The molecule has 6 heteroatoms. The molecule has 2 aromatic heterocycles. The summed E-state index contributed by atoms with van der Waals surface area (Å²) in [5, 5.41) is 0.353. The Hall–Kier alpha value is -1.59. The van der Waals surface area contributed by atoms with Crippen molar-refractivity contribution in [2.24, 2.45) is 0 Å². The van der Waals surface area contributed by atoms with Gasteiger partial charge in [-0.2, -0.15) is 0 Å². The van der Waals surface area contributed by atoms with Gasteiger partial charge in [0.25, 0.3) is 0 Å². The maximum Gasteiger partial charge on any atom is 0.199 e. The van der Waals surface area contributed by atoms with Gasteiger partial charge in [0.15, 0.2) is 11.6 Å². The van der Waals surface area contributed by atoms with Crippen molar-refractivity contribution in [3.63, 3.8) is 0 Å². The first-order valence-electron chi connectivity index (χ1n) is 5.00. The molecule has 2 aromatic rings. The molecule has 0 radical (unpaired) electrons. The number of hydrogen-bond donors (Lipinski definition) is 0. The van der Waals surface area contributed by atoms with Gasteiger partial charge >= 0.3 is 0 Å². The molecule has 0 saturated carbocycles. The number of halogens is 1. The zero-order valence-electron chi connectivity index (χ0n) is 9.51. The third kappa shape index (κ3) is 2.95. The van der Waals surface area contributed by atoms with E-state index in [1.54, 1.807) is 25.6 Å². The summed E-state index contributed by atoms with van der Waals surface area (Å²) in [4.78, 5) is 16.7. The van der Waals surface area contributed by atoms with Crippen LogP contribution in [-0.4, -0.2) is 27.0 Å². The monoisotopic (exact) mass is 250 g/mol. The zero-order chi connectivity index (χ0) is 12.3. The number of aromatic nitrogens is 4. The molecule has 0 aliphatic carbocycles. The van der Waals surface area contributed by atoms with E-state index in [1.165, 1.54) is 0 Å². The van der Waals surface area contributed by atoms with Crippen LogP contribution in [0.2, 0.25) is 5.15 Å². The van der Waals surface area contributed by atoms with Gasteiger partial charge < -0.3 is 4.74 Å². The number of rotatable bonds is 3. The van der Waals surface area contributed by atoms with Crippen LogP contribution in [0.3, 0.4) is 0 Å². The molecule has 88 valence electrons. The van der Waals surface area contributed by atoms with Gasteiger partial charge in [-0.15, -0.1) is 0 Å². The number of methoxy groups -OCH3 is 1. The van der Waals surface area contributed by atoms with Crippen LogP contribution in [0.4, 0.5) is 0 Å². The maximum absolute atomic E-state index is 5.90. The second-order valence-electron chi connectivity index (χ2n) is 3.52. The van der Waals surface area contributed by atoms with Crippen molar-refractivity contribution in [3.8, 4) is 11.6 Å². The summed E-state index contributed by atoms with van der Waals surface area (Å²) < 4.78 is 5.00. The lowest BCUT2D eigenvalue weighted by molar-refractivity contribution is 0.181. The molecular formula is C11H11ClN4O. The lowest BCUT2D eigenvalue weighted by atomic mass is 10.4. The lowest BCUT2D eigenvalue weighted by Gasteiger charge is -2.03. The highest BCUT2D eigenvalue weighted by atomic mass is 35.5. The Morgan fingerprint density at radius 1 is 1.18 bits per heavy atom. The standard InChI is InChI=1S/C11H11ClN4O/c1-7-4-13-10(14-5-7)11-15-8(6-17-2)3-9(12)16-11/h3-5H,6H2,1-2H3. The van der Waals surface area contributed by atoms with E-state index < -0.39 is 0 Å². The minimum Gasteiger partial charge on any atom is -0.378 e. The van der Waals surface area contributed by atoms with Gasteiger partial charge in [-0.3, -0.25) is 0 Å². The summed E-state index contributed by atoms with van der Waals surface area (Å²) in [6.07, 6.45) is 3.42. The van der Waals surface area contributed by atoms with Crippen LogP contribution in [0, 0.1) is 6.92 Å². The normalized spacial score (nSPS) is 10.5. The number of aryl methyl sites for hydroxylation is 1. The zero-order valence-corrected chi connectivity index (χ0v) is 10.3. The lowest BCUT2D eigenvalue weighted by Crippen LogP contribution is -2.00. The molecule has 0 N–H and O–H groups in total. The van der Waals surface area contributed by atoms with Crippen LogP contribution in [0.1, 0.15) is 11.3 Å². The van der Waals surface area contributed by atoms with E-state index in [1.807, 2.05) is 6.92 Å². The van der Waals surface area contributed by atoms with E-state index in [-0.39, 0.29) is 0 Å². The molecule has 0 fully saturated rings. The third-order valence-electron chi connectivity index (χ3n) is 2.02. The van der Waals surface area contributed by atoms with E-state index in [0.717, 1.165) is 5.56 Å². The molecule has 0 aromatic carbocycles. The van der Waals surface area contributed by atoms with E-state index in [9.17, 15) is 0 Å². The van der Waals surface area contributed by atoms with Gasteiger partial charge in [0.05, 0.1) is 12.3 Å². The Balaban J connectivity index is 2.40. The molecule has 0 unspecified atom stereocenters. The molecule has 0 aliphatic rings. The molecule has 2 rings (SSSR count). The van der Waals surface area contributed by atoms with E-state index >= 15 is 0 Å². The average Bonchev–Trinajstić information content (AvgIpc) is 2.29. The first-order chi connectivity index (χ1) is 8.19. The van der Waals surface area contributed by atoms with Crippen LogP contribution in [0.5, 0.6) is 0 Å². The first kappa shape index (κ1) is 11.9. The maximum atomic E-state index is 5.90. The Labute approximate surface area is 104 Å². The molecule has 0 saturated heterocycles. The first-order valence-corrected chi connectivity index (χ1v) is 5.38. The Kier molecular flexibility index (Phi) is 3.61. The molecule has 17 heavy (non-hydrogen) atoms. The van der Waals surface area contributed by atoms with Crippen LogP contribution in [0.25, 0.3) is 11.6 Å². The van der Waals surface area contributed by atoms with E-state index in [4.69, 9.17) is 16.3 Å². The molecule has 0 spiro atoms. The summed E-state index contributed by atoms with van der Waals surface area (Å²) in [5.74, 6) is 0.861. The molecule has 0 amide bonds. The molecule has 2 heterocycles. The number of ether oxygens (including phenoxy) is 1. The van der Waals surface area contributed by atoms with Crippen molar-refractivity contribution in [2.75, 3.05) is 7.11 Å². The summed E-state index contributed by atoms with van der Waals surface area (Å²) in [5.41, 5.74) is 1.68. The van der Waals surface area contributed by atoms with Crippen LogP contribution in [-0.2, 0) is 11.3 Å². The fourth-order valence-corrected chi connectivity index (χ4v) is 1.50. The van der Waals surface area contributed by atoms with Crippen molar-refractivity contribution in [1.82, 2.24) is 19.9 Å². The Morgan fingerprint density at radius 3 is 2.53 bits per heavy atom. The Morgan fingerprint density at radius 2 is 1.88 bits per heavy atom. The fraction of sp³-hybridized carbons (Fsp3) is 0.273. The number of hydrogen-bond acceptors (Lipinski definition) is 5. The van der Waals surface area contributed by atoms with Gasteiger partial charge in [0.2, 0.25) is 0 Å². The van der Waals surface area contributed by atoms with Gasteiger partial charge in [0.1, 0.15) is 5.15 Å². The molecule has 0 bridgehead atoms. The van der Waals surface area contributed by atoms with Crippen LogP contribution in [0.15, 0.2) is 18.5 Å². The minimum absolute atomic E-state index is 0.353. The predicted molar refractivity (Wildman–Crippen MR) is 63.5 cm³/mol. The SMILES string of the molecule is COCc1cc(Cl)nc(-c2ncc(C)cn2)n1. The summed E-state index contributed by atoms with van der Waals surface area (Å²) in [6.45, 7) is 2.29. The molecular weight excluding hydrogens is 240 g/mol. The van der Waals surface area contributed by atoms with E-state index in [0.29, 0.717) is 29.1 Å². The summed E-state index contributed by atoms with van der Waals surface area (Å²) >= 11 is 5.90. The Bertz CT molecular complexity index is 515. The topological polar surface area (TPSA) is 60.8 Å². The largest absolute Gasteiger partial charge is 0.378 e. The van der Waals surface area contributed by atoms with Crippen molar-refractivity contribution < 1.29 is 4.74 Å². The van der Waals surface area contributed by atoms with Crippen molar-refractivity contribution in [2.45, 2.75) is 13.5 Å². The second-order valence-corrected chi connectivity index (χ2v) is 3.91. The smallest absolute Gasteiger partial charge is 0.199 e. The summed E-state index contributed by atoms with van der Waals surface area (Å²) in [7, 11) is 1.60. The molecule has 0 atom stereocenters. The highest BCUT2D eigenvalue weighted by Crippen LogP contribution is 2.14. The number of nitrogens with zero attached hydrogens (tertiary/aromatic N) is 4. The third-order valence-corrected chi connectivity index (χ3v) is 2.21. The van der Waals surface area contributed by atoms with Crippen molar-refractivity contribution in [1.29, 1.82) is 0 Å². The average molecular weight is 251 g/mol. The van der Waals surface area contributed by atoms with Gasteiger partial charge in [0, 0.05) is 19.5 Å². The van der Waals surface area contributed by atoms with Crippen LogP contribution < -0.4 is 0 Å². The van der Waals surface area contributed by atoms with Crippen LogP contribution >= 0.6 is 11.6 Å². The highest BCUT2D eigenvalue weighted by molar-refractivity contribution is 6.29. The fourth-order valence-electron chi connectivity index (χ4n) is 1.29. The second kappa shape index (κ2) is 5.16. The minimum atomic E-state index is 0.353. The highest BCUT2D eigenvalue weighted by Gasteiger charge is 2.08.